The van der Waals surface area contributed by atoms with Crippen LogP contribution in [0.5, 0.6) is 0 Å². The van der Waals surface area contributed by atoms with Crippen LogP contribution < -0.4 is 0 Å². The molecule has 4 atom stereocenters. The summed E-state index contributed by atoms with van der Waals surface area (Å²) in [5.74, 6) is -2.43. The number of aliphatic carboxylic acids is 2. The summed E-state index contributed by atoms with van der Waals surface area (Å²) in [6, 6.07) is 0. The number of β-amino-alcohol motifs (C(OH)–C–C–N with tert-alkyl or cyclic N) is 2. The molecule has 2 fully saturated rings. The van der Waals surface area contributed by atoms with Gasteiger partial charge in [0, 0.05) is 13.1 Å². The van der Waals surface area contributed by atoms with Crippen LogP contribution in [0.1, 0.15) is 67.2 Å². The van der Waals surface area contributed by atoms with Gasteiger partial charge in [-0.1, -0.05) is 0 Å². The molecule has 2 saturated heterocycles. The number of carbonyl (C=O) groups excluding carboxylic acids is 2. The van der Waals surface area contributed by atoms with Crippen LogP contribution in [0, 0.1) is 11.8 Å². The van der Waals surface area contributed by atoms with Gasteiger partial charge in [0.25, 0.3) is 0 Å². The summed E-state index contributed by atoms with van der Waals surface area (Å²) in [5, 5.41) is 37.0. The Morgan fingerprint density at radius 3 is 1.22 bits per heavy atom. The van der Waals surface area contributed by atoms with Gasteiger partial charge in [-0.3, -0.25) is 9.59 Å². The lowest BCUT2D eigenvalue weighted by atomic mass is 9.91. The molecule has 0 aliphatic carbocycles. The van der Waals surface area contributed by atoms with Gasteiger partial charge < -0.3 is 39.7 Å². The Kier molecular flexibility index (Phi) is 11.4. The van der Waals surface area contributed by atoms with E-state index in [2.05, 4.69) is 0 Å². The maximum Gasteiger partial charge on any atom is 0.410 e. The van der Waals surface area contributed by atoms with Gasteiger partial charge in [-0.2, -0.15) is 0 Å². The number of aliphatic hydroxyl groups excluding tert-OH is 2. The molecular weight excluding hydrogens is 476 g/mol. The van der Waals surface area contributed by atoms with Crippen LogP contribution in [-0.4, -0.2) is 104 Å². The number of likely N-dealkylation sites (tertiary alicyclic amines) is 2. The summed E-state index contributed by atoms with van der Waals surface area (Å²) in [6.07, 6.45) is -1.71. The molecule has 12 heteroatoms. The van der Waals surface area contributed by atoms with Crippen molar-refractivity contribution in [3.63, 3.8) is 0 Å². The molecule has 0 radical (unpaired) electrons. The van der Waals surface area contributed by atoms with Crippen molar-refractivity contribution in [3.8, 4) is 0 Å². The summed E-state index contributed by atoms with van der Waals surface area (Å²) in [6.45, 7) is 11.8. The number of amides is 2. The average molecular weight is 519 g/mol. The lowest BCUT2D eigenvalue weighted by Crippen LogP contribution is -2.48. The number of ether oxygens (including phenoxy) is 2. The standard InChI is InChI=1S/2C12H21NO5/c2*1-12(2,3)18-11(17)13-5-4-8(6-10(15)16)9(14)7-13/h2*8-9,14H,4-7H2,1-3H3,(H,15,16)/t2*8-,9+/m10/s1. The number of nitrogens with zero attached hydrogens (tertiary/aromatic N) is 2. The molecule has 0 saturated carbocycles. The number of piperidine rings is 2. The molecule has 0 aromatic rings. The second-order valence-electron chi connectivity index (χ2n) is 11.3. The first-order valence-electron chi connectivity index (χ1n) is 12.1. The summed E-state index contributed by atoms with van der Waals surface area (Å²) < 4.78 is 10.4. The van der Waals surface area contributed by atoms with E-state index >= 15 is 0 Å². The van der Waals surface area contributed by atoms with Crippen molar-refractivity contribution in [3.05, 3.63) is 0 Å². The van der Waals surface area contributed by atoms with Crippen LogP contribution in [0.4, 0.5) is 9.59 Å². The van der Waals surface area contributed by atoms with Crippen LogP contribution in [0.2, 0.25) is 0 Å². The first-order valence-corrected chi connectivity index (χ1v) is 12.1. The Morgan fingerprint density at radius 1 is 0.694 bits per heavy atom. The van der Waals surface area contributed by atoms with Gasteiger partial charge in [-0.25, -0.2) is 9.59 Å². The number of hydrogen-bond acceptors (Lipinski definition) is 8. The molecule has 2 aliphatic heterocycles. The van der Waals surface area contributed by atoms with E-state index in [4.69, 9.17) is 19.7 Å². The molecule has 2 aliphatic rings. The minimum Gasteiger partial charge on any atom is -0.481 e. The SMILES string of the molecule is CC(C)(C)OC(=O)N1CC[C@@H](CC(=O)O)[C@H](O)C1.CC(C)(C)OC(=O)N1CC[C@H](CC(=O)O)[C@@H](O)C1. The normalized spacial score (nSPS) is 24.8. The lowest BCUT2D eigenvalue weighted by molar-refractivity contribution is -0.140. The minimum absolute atomic E-state index is 0.0661. The number of carbonyl (C=O) groups is 4. The third kappa shape index (κ3) is 11.9. The smallest absolute Gasteiger partial charge is 0.410 e. The van der Waals surface area contributed by atoms with Crippen LogP contribution in [0.15, 0.2) is 0 Å². The van der Waals surface area contributed by atoms with E-state index in [1.54, 1.807) is 41.5 Å². The highest BCUT2D eigenvalue weighted by Gasteiger charge is 2.34. The fraction of sp³-hybridized carbons (Fsp3) is 0.833. The van der Waals surface area contributed by atoms with Crippen LogP contribution in [0.3, 0.4) is 0 Å². The molecule has 208 valence electrons. The molecule has 36 heavy (non-hydrogen) atoms. The number of carboxylic acids is 2. The second kappa shape index (κ2) is 13.1. The predicted octanol–water partition coefficient (Wildman–Crippen LogP) is 2.16. The Bertz CT molecular complexity index is 710. The fourth-order valence-corrected chi connectivity index (χ4v) is 3.87. The van der Waals surface area contributed by atoms with Gasteiger partial charge in [0.15, 0.2) is 0 Å². The molecule has 4 N–H and O–H groups in total. The van der Waals surface area contributed by atoms with Crippen molar-refractivity contribution in [2.75, 3.05) is 26.2 Å². The van der Waals surface area contributed by atoms with Crippen molar-refractivity contribution in [1.29, 1.82) is 0 Å². The molecule has 0 unspecified atom stereocenters. The molecule has 12 nitrogen and oxygen atoms in total. The Balaban J connectivity index is 0.000000360. The van der Waals surface area contributed by atoms with Crippen LogP contribution in [-0.2, 0) is 19.1 Å². The van der Waals surface area contributed by atoms with Crippen molar-refractivity contribution in [1.82, 2.24) is 9.80 Å². The van der Waals surface area contributed by atoms with Crippen molar-refractivity contribution >= 4 is 24.1 Å². The molecule has 2 rings (SSSR count). The molecule has 2 amide bonds. The highest BCUT2D eigenvalue weighted by atomic mass is 16.6. The van der Waals surface area contributed by atoms with E-state index in [9.17, 15) is 29.4 Å². The molecule has 2 heterocycles. The van der Waals surface area contributed by atoms with Crippen molar-refractivity contribution < 1.29 is 49.1 Å². The largest absolute Gasteiger partial charge is 0.481 e. The first kappa shape index (κ1) is 31.4. The highest BCUT2D eigenvalue weighted by molar-refractivity contribution is 5.70. The van der Waals surface area contributed by atoms with Crippen LogP contribution in [0.25, 0.3) is 0 Å². The number of hydrogen-bond donors (Lipinski definition) is 4. The molecule has 0 aromatic carbocycles. The number of rotatable bonds is 4. The van der Waals surface area contributed by atoms with E-state index in [0.29, 0.717) is 25.9 Å². The Hall–Kier alpha value is -2.60. The molecular formula is C24H42N2O10. The van der Waals surface area contributed by atoms with Gasteiger partial charge in [0.05, 0.1) is 38.1 Å². The summed E-state index contributed by atoms with van der Waals surface area (Å²) in [7, 11) is 0. The van der Waals surface area contributed by atoms with E-state index in [-0.39, 0.29) is 37.8 Å². The van der Waals surface area contributed by atoms with Gasteiger partial charge >= 0.3 is 24.1 Å². The maximum absolute atomic E-state index is 11.8. The first-order chi connectivity index (χ1) is 16.4. The van der Waals surface area contributed by atoms with Gasteiger partial charge in [-0.15, -0.1) is 0 Å². The van der Waals surface area contributed by atoms with Gasteiger partial charge in [0.1, 0.15) is 11.2 Å². The van der Waals surface area contributed by atoms with E-state index < -0.39 is 47.5 Å². The average Bonchev–Trinajstić information content (AvgIpc) is 2.68. The summed E-state index contributed by atoms with van der Waals surface area (Å²) in [4.78, 5) is 47.6. The third-order valence-electron chi connectivity index (χ3n) is 5.62. The quantitative estimate of drug-likeness (QED) is 0.432. The Morgan fingerprint density at radius 2 is 1.00 bits per heavy atom. The second-order valence-corrected chi connectivity index (χ2v) is 11.3. The maximum atomic E-state index is 11.8. The predicted molar refractivity (Wildman–Crippen MR) is 128 cm³/mol. The zero-order valence-electron chi connectivity index (χ0n) is 22.1. The summed E-state index contributed by atoms with van der Waals surface area (Å²) in [5.41, 5.74) is -1.14. The minimum atomic E-state index is -0.926. The lowest BCUT2D eigenvalue weighted by Gasteiger charge is -2.36. The topological polar surface area (TPSA) is 174 Å². The van der Waals surface area contributed by atoms with E-state index in [1.165, 1.54) is 9.80 Å². The number of carboxylic acid groups (broad SMARTS) is 2. The molecule has 0 spiro atoms. The van der Waals surface area contributed by atoms with Crippen molar-refractivity contribution in [2.24, 2.45) is 11.8 Å². The van der Waals surface area contributed by atoms with Gasteiger partial charge in [0.2, 0.25) is 0 Å². The van der Waals surface area contributed by atoms with Crippen LogP contribution >= 0.6 is 0 Å². The van der Waals surface area contributed by atoms with Gasteiger partial charge in [-0.05, 0) is 66.2 Å². The van der Waals surface area contributed by atoms with E-state index in [1.807, 2.05) is 0 Å². The fourth-order valence-electron chi connectivity index (χ4n) is 3.87. The number of aliphatic hydroxyl groups is 2. The highest BCUT2D eigenvalue weighted by Crippen LogP contribution is 2.24. The Labute approximate surface area is 212 Å². The zero-order chi connectivity index (χ0) is 27.8. The summed E-state index contributed by atoms with van der Waals surface area (Å²) >= 11 is 0. The molecule has 0 bridgehead atoms. The molecule has 0 aromatic heterocycles. The zero-order valence-corrected chi connectivity index (χ0v) is 22.1. The monoisotopic (exact) mass is 518 g/mol. The third-order valence-corrected chi connectivity index (χ3v) is 5.62. The van der Waals surface area contributed by atoms with Crippen molar-refractivity contribution in [2.45, 2.75) is 90.6 Å². The van der Waals surface area contributed by atoms with E-state index in [0.717, 1.165) is 0 Å².